The van der Waals surface area contributed by atoms with Crippen molar-refractivity contribution in [3.63, 3.8) is 0 Å². The van der Waals surface area contributed by atoms with Gasteiger partial charge in [-0.05, 0) is 37.1 Å². The molecule has 0 aliphatic heterocycles. The summed E-state index contributed by atoms with van der Waals surface area (Å²) < 4.78 is 38.2. The van der Waals surface area contributed by atoms with Gasteiger partial charge in [0.2, 0.25) is 0 Å². The van der Waals surface area contributed by atoms with E-state index in [9.17, 15) is 13.2 Å². The molecule has 0 saturated heterocycles. The molecule has 0 fully saturated rings. The fraction of sp³-hybridized carbons (Fsp3) is 0.294. The van der Waals surface area contributed by atoms with Gasteiger partial charge in [0.05, 0.1) is 5.56 Å². The highest BCUT2D eigenvalue weighted by molar-refractivity contribution is 5.28. The van der Waals surface area contributed by atoms with E-state index in [2.05, 4.69) is 5.32 Å². The molecule has 1 unspecified atom stereocenters. The molecule has 2 aromatic rings. The summed E-state index contributed by atoms with van der Waals surface area (Å²) in [6.07, 6.45) is -4.30. The molecule has 0 heterocycles. The summed E-state index contributed by atoms with van der Waals surface area (Å²) in [6, 6.07) is 15.2. The molecule has 0 aliphatic rings. The Morgan fingerprint density at radius 3 is 2.00 bits per heavy atom. The lowest BCUT2D eigenvalue weighted by Crippen LogP contribution is -2.22. The molecule has 0 spiro atoms. The Kier molecular flexibility index (Phi) is 4.68. The molecule has 2 rings (SSSR count). The number of benzene rings is 2. The standard InChI is InChI=1S/C17H18F3N/c1-12(14-7-4-3-5-8-14)21-13(2)15-9-6-10-16(11-15)17(18,19)20/h3-13,21H,1-2H3/t12-,13?/m0/s1. The third-order valence-electron chi connectivity index (χ3n) is 3.51. The highest BCUT2D eigenvalue weighted by Crippen LogP contribution is 2.31. The number of hydrogen-bond acceptors (Lipinski definition) is 1. The third kappa shape index (κ3) is 4.08. The van der Waals surface area contributed by atoms with Crippen LogP contribution >= 0.6 is 0 Å². The molecular formula is C17H18F3N. The molecule has 1 nitrogen and oxygen atoms in total. The topological polar surface area (TPSA) is 12.0 Å². The highest BCUT2D eigenvalue weighted by Gasteiger charge is 2.30. The molecule has 1 N–H and O–H groups in total. The monoisotopic (exact) mass is 293 g/mol. The maximum absolute atomic E-state index is 12.7. The molecule has 0 aliphatic carbocycles. The second-order valence-electron chi connectivity index (χ2n) is 5.14. The van der Waals surface area contributed by atoms with E-state index in [1.54, 1.807) is 6.07 Å². The van der Waals surface area contributed by atoms with E-state index in [4.69, 9.17) is 0 Å². The maximum Gasteiger partial charge on any atom is 0.416 e. The average Bonchev–Trinajstić information content (AvgIpc) is 2.47. The normalized spacial score (nSPS) is 14.7. The zero-order valence-electron chi connectivity index (χ0n) is 12.0. The van der Waals surface area contributed by atoms with Crippen molar-refractivity contribution in [3.8, 4) is 0 Å². The van der Waals surface area contributed by atoms with Crippen LogP contribution in [-0.2, 0) is 6.18 Å². The molecule has 0 saturated carbocycles. The van der Waals surface area contributed by atoms with Crippen molar-refractivity contribution in [2.75, 3.05) is 0 Å². The minimum Gasteiger partial charge on any atom is -0.304 e. The fourth-order valence-corrected chi connectivity index (χ4v) is 2.29. The summed E-state index contributed by atoms with van der Waals surface area (Å²) in [5.74, 6) is 0. The molecule has 0 amide bonds. The highest BCUT2D eigenvalue weighted by atomic mass is 19.4. The Labute approximate surface area is 122 Å². The van der Waals surface area contributed by atoms with Crippen LogP contribution in [0.3, 0.4) is 0 Å². The van der Waals surface area contributed by atoms with Crippen LogP contribution in [0, 0.1) is 0 Å². The zero-order chi connectivity index (χ0) is 15.5. The largest absolute Gasteiger partial charge is 0.416 e. The Bertz CT molecular complexity index is 578. The quantitative estimate of drug-likeness (QED) is 0.825. The summed E-state index contributed by atoms with van der Waals surface area (Å²) in [6.45, 7) is 3.87. The molecule has 112 valence electrons. The lowest BCUT2D eigenvalue weighted by molar-refractivity contribution is -0.137. The van der Waals surface area contributed by atoms with Gasteiger partial charge in [0.1, 0.15) is 0 Å². The summed E-state index contributed by atoms with van der Waals surface area (Å²) in [7, 11) is 0. The Hall–Kier alpha value is -1.81. The number of nitrogens with one attached hydrogen (secondary N) is 1. The van der Waals surface area contributed by atoms with Gasteiger partial charge in [-0.3, -0.25) is 0 Å². The lowest BCUT2D eigenvalue weighted by atomic mass is 10.0. The van der Waals surface area contributed by atoms with Gasteiger partial charge in [0, 0.05) is 12.1 Å². The molecule has 0 radical (unpaired) electrons. The molecule has 2 aromatic carbocycles. The predicted octanol–water partition coefficient (Wildman–Crippen LogP) is 5.12. The number of alkyl halides is 3. The number of halogens is 3. The minimum absolute atomic E-state index is 0.0655. The van der Waals surface area contributed by atoms with Crippen LogP contribution < -0.4 is 5.32 Å². The van der Waals surface area contributed by atoms with Gasteiger partial charge in [-0.25, -0.2) is 0 Å². The van der Waals surface area contributed by atoms with Gasteiger partial charge in [-0.2, -0.15) is 13.2 Å². The Morgan fingerprint density at radius 1 is 0.810 bits per heavy atom. The van der Waals surface area contributed by atoms with E-state index in [1.807, 2.05) is 44.2 Å². The van der Waals surface area contributed by atoms with Crippen LogP contribution in [0.5, 0.6) is 0 Å². The molecule has 21 heavy (non-hydrogen) atoms. The zero-order valence-corrected chi connectivity index (χ0v) is 12.0. The smallest absolute Gasteiger partial charge is 0.304 e. The van der Waals surface area contributed by atoms with Crippen LogP contribution in [0.2, 0.25) is 0 Å². The predicted molar refractivity (Wildman–Crippen MR) is 77.9 cm³/mol. The van der Waals surface area contributed by atoms with Crippen molar-refractivity contribution in [1.29, 1.82) is 0 Å². The van der Waals surface area contributed by atoms with Crippen molar-refractivity contribution in [2.24, 2.45) is 0 Å². The second-order valence-corrected chi connectivity index (χ2v) is 5.14. The van der Waals surface area contributed by atoms with Gasteiger partial charge in [0.15, 0.2) is 0 Å². The first kappa shape index (κ1) is 15.6. The fourth-order valence-electron chi connectivity index (χ4n) is 2.29. The van der Waals surface area contributed by atoms with E-state index in [0.717, 1.165) is 11.6 Å². The van der Waals surface area contributed by atoms with E-state index in [0.29, 0.717) is 5.56 Å². The summed E-state index contributed by atoms with van der Waals surface area (Å²) in [5.41, 5.74) is 1.13. The minimum atomic E-state index is -4.30. The SMILES string of the molecule is CC(N[C@@H](C)c1ccccc1)c1cccc(C(F)(F)F)c1. The van der Waals surface area contributed by atoms with E-state index < -0.39 is 11.7 Å². The van der Waals surface area contributed by atoms with Gasteiger partial charge in [-0.1, -0.05) is 42.5 Å². The maximum atomic E-state index is 12.7. The second kappa shape index (κ2) is 6.31. The average molecular weight is 293 g/mol. The summed E-state index contributed by atoms with van der Waals surface area (Å²) in [5, 5.41) is 3.32. The van der Waals surface area contributed by atoms with Crippen molar-refractivity contribution in [3.05, 3.63) is 71.3 Å². The molecule has 4 heteroatoms. The third-order valence-corrected chi connectivity index (χ3v) is 3.51. The number of hydrogen-bond donors (Lipinski definition) is 1. The van der Waals surface area contributed by atoms with Crippen LogP contribution in [0.4, 0.5) is 13.2 Å². The summed E-state index contributed by atoms with van der Waals surface area (Å²) >= 11 is 0. The lowest BCUT2D eigenvalue weighted by Gasteiger charge is -2.21. The van der Waals surface area contributed by atoms with Crippen molar-refractivity contribution >= 4 is 0 Å². The Morgan fingerprint density at radius 2 is 1.38 bits per heavy atom. The molecule has 2 atom stereocenters. The first-order chi connectivity index (χ1) is 9.88. The van der Waals surface area contributed by atoms with Crippen molar-refractivity contribution < 1.29 is 13.2 Å². The molecule has 0 bridgehead atoms. The molecular weight excluding hydrogens is 275 g/mol. The summed E-state index contributed by atoms with van der Waals surface area (Å²) in [4.78, 5) is 0. The van der Waals surface area contributed by atoms with Crippen LogP contribution in [-0.4, -0.2) is 0 Å². The van der Waals surface area contributed by atoms with E-state index in [-0.39, 0.29) is 12.1 Å². The van der Waals surface area contributed by atoms with Gasteiger partial charge in [0.25, 0.3) is 0 Å². The van der Waals surface area contributed by atoms with Gasteiger partial charge >= 0.3 is 6.18 Å². The molecule has 0 aromatic heterocycles. The first-order valence-corrected chi connectivity index (χ1v) is 6.86. The van der Waals surface area contributed by atoms with Gasteiger partial charge < -0.3 is 5.32 Å². The van der Waals surface area contributed by atoms with Crippen LogP contribution in [0.15, 0.2) is 54.6 Å². The van der Waals surface area contributed by atoms with Crippen LogP contribution in [0.1, 0.15) is 42.6 Å². The van der Waals surface area contributed by atoms with Gasteiger partial charge in [-0.15, -0.1) is 0 Å². The number of rotatable bonds is 4. The first-order valence-electron chi connectivity index (χ1n) is 6.86. The Balaban J connectivity index is 2.12. The van der Waals surface area contributed by atoms with Crippen LogP contribution in [0.25, 0.3) is 0 Å². The van der Waals surface area contributed by atoms with E-state index in [1.165, 1.54) is 12.1 Å². The van der Waals surface area contributed by atoms with Crippen molar-refractivity contribution in [1.82, 2.24) is 5.32 Å². The van der Waals surface area contributed by atoms with Crippen molar-refractivity contribution in [2.45, 2.75) is 32.1 Å². The van der Waals surface area contributed by atoms with E-state index >= 15 is 0 Å².